The van der Waals surface area contributed by atoms with Gasteiger partial charge in [0.15, 0.2) is 0 Å². The van der Waals surface area contributed by atoms with Crippen molar-refractivity contribution in [1.82, 2.24) is 14.7 Å². The molecule has 9 heteroatoms. The highest BCUT2D eigenvalue weighted by Gasteiger charge is 2.38. The second-order valence-electron chi connectivity index (χ2n) is 6.77. The number of carbonyl (C=O) groups is 3. The van der Waals surface area contributed by atoms with Gasteiger partial charge in [-0.25, -0.2) is 4.79 Å². The Morgan fingerprint density at radius 2 is 1.81 bits per heavy atom. The highest BCUT2D eigenvalue weighted by atomic mass is 35.5. The molecule has 1 saturated heterocycles. The summed E-state index contributed by atoms with van der Waals surface area (Å²) in [7, 11) is 0. The number of amides is 4. The Labute approximate surface area is 162 Å². The van der Waals surface area contributed by atoms with Crippen LogP contribution in [-0.4, -0.2) is 84.2 Å². The molecular formula is C18H20ClN5O3. The van der Waals surface area contributed by atoms with Gasteiger partial charge in [0.05, 0.1) is 12.2 Å². The molecule has 1 fully saturated rings. The summed E-state index contributed by atoms with van der Waals surface area (Å²) < 4.78 is 0. The third-order valence-electron chi connectivity index (χ3n) is 5.17. The number of rotatable bonds is 2. The van der Waals surface area contributed by atoms with Crippen LogP contribution in [0.1, 0.15) is 12.5 Å². The number of amidine groups is 1. The summed E-state index contributed by atoms with van der Waals surface area (Å²) >= 11 is 6.14. The lowest BCUT2D eigenvalue weighted by molar-refractivity contribution is -0.137. The van der Waals surface area contributed by atoms with E-state index in [2.05, 4.69) is 4.99 Å². The number of aliphatic imine (C=N–C) groups is 1. The van der Waals surface area contributed by atoms with E-state index in [1.807, 2.05) is 6.07 Å². The molecule has 0 unspecified atom stereocenters. The smallest absolute Gasteiger partial charge is 0.330 e. The van der Waals surface area contributed by atoms with Crippen molar-refractivity contribution in [1.29, 1.82) is 0 Å². The maximum atomic E-state index is 12.9. The van der Waals surface area contributed by atoms with Gasteiger partial charge in [-0.15, -0.1) is 0 Å². The molecule has 8 nitrogen and oxygen atoms in total. The Morgan fingerprint density at radius 3 is 2.52 bits per heavy atom. The second-order valence-corrected chi connectivity index (χ2v) is 7.21. The lowest BCUT2D eigenvalue weighted by Gasteiger charge is -2.38. The van der Waals surface area contributed by atoms with Crippen molar-refractivity contribution < 1.29 is 14.4 Å². The zero-order valence-electron chi connectivity index (χ0n) is 15.0. The third-order valence-corrected chi connectivity index (χ3v) is 5.40. The number of piperazine rings is 1. The van der Waals surface area contributed by atoms with E-state index in [1.54, 1.807) is 26.8 Å². The fourth-order valence-corrected chi connectivity index (χ4v) is 3.86. The molecule has 0 aromatic heterocycles. The van der Waals surface area contributed by atoms with Crippen LogP contribution in [-0.2, 0) is 9.59 Å². The maximum absolute atomic E-state index is 12.9. The first-order valence-electron chi connectivity index (χ1n) is 8.92. The molecule has 1 aromatic rings. The number of hydrogen-bond donors (Lipinski definition) is 0. The SMILES string of the molecule is CC(=O)N1CCN(C(=O)CN2C(=O)N3CCN=C3c3ccc(Cl)cc32)CC1. The fraction of sp³-hybridized carbons (Fsp3) is 0.444. The van der Waals surface area contributed by atoms with Crippen LogP contribution < -0.4 is 4.90 Å². The minimum atomic E-state index is -0.253. The first-order chi connectivity index (χ1) is 13.0. The minimum Gasteiger partial charge on any atom is -0.339 e. The summed E-state index contributed by atoms with van der Waals surface area (Å²) in [6.07, 6.45) is 0. The molecule has 0 saturated carbocycles. The average Bonchev–Trinajstić information content (AvgIpc) is 3.15. The predicted octanol–water partition coefficient (Wildman–Crippen LogP) is 1.03. The standard InChI is InChI=1S/C18H20ClN5O3/c1-12(25)21-6-8-22(9-7-21)16(26)11-24-15-10-13(19)2-3-14(15)17-20-4-5-23(17)18(24)27/h2-3,10H,4-9,11H2,1H3. The molecule has 0 radical (unpaired) electrons. The monoisotopic (exact) mass is 389 g/mol. The van der Waals surface area contributed by atoms with E-state index in [0.717, 1.165) is 5.56 Å². The van der Waals surface area contributed by atoms with Crippen molar-refractivity contribution in [2.24, 2.45) is 4.99 Å². The van der Waals surface area contributed by atoms with Crippen molar-refractivity contribution >= 4 is 41.0 Å². The molecule has 0 atom stereocenters. The van der Waals surface area contributed by atoms with Crippen LogP contribution in [0.3, 0.4) is 0 Å². The van der Waals surface area contributed by atoms with Crippen molar-refractivity contribution in [3.8, 4) is 0 Å². The lowest BCUT2D eigenvalue weighted by Crippen LogP contribution is -2.56. The van der Waals surface area contributed by atoms with Gasteiger partial charge in [0, 0.05) is 50.2 Å². The van der Waals surface area contributed by atoms with Crippen LogP contribution in [0.2, 0.25) is 5.02 Å². The largest absolute Gasteiger partial charge is 0.339 e. The predicted molar refractivity (Wildman–Crippen MR) is 101 cm³/mol. The molecule has 3 heterocycles. The van der Waals surface area contributed by atoms with E-state index < -0.39 is 0 Å². The van der Waals surface area contributed by atoms with E-state index >= 15 is 0 Å². The molecule has 0 spiro atoms. The van der Waals surface area contributed by atoms with Crippen LogP contribution in [0.5, 0.6) is 0 Å². The Kier molecular flexibility index (Phi) is 4.51. The average molecular weight is 390 g/mol. The van der Waals surface area contributed by atoms with Crippen LogP contribution >= 0.6 is 11.6 Å². The highest BCUT2D eigenvalue weighted by molar-refractivity contribution is 6.31. The highest BCUT2D eigenvalue weighted by Crippen LogP contribution is 2.33. The van der Waals surface area contributed by atoms with Crippen LogP contribution in [0.25, 0.3) is 0 Å². The summed E-state index contributed by atoms with van der Waals surface area (Å²) in [6.45, 7) is 4.51. The quantitative estimate of drug-likeness (QED) is 0.758. The van der Waals surface area contributed by atoms with Crippen molar-refractivity contribution in [2.45, 2.75) is 6.92 Å². The number of urea groups is 1. The first kappa shape index (κ1) is 17.8. The topological polar surface area (TPSA) is 76.5 Å². The molecule has 0 bridgehead atoms. The molecule has 0 aliphatic carbocycles. The Morgan fingerprint density at radius 1 is 1.11 bits per heavy atom. The van der Waals surface area contributed by atoms with Gasteiger partial charge >= 0.3 is 6.03 Å². The van der Waals surface area contributed by atoms with Gasteiger partial charge in [0.1, 0.15) is 12.4 Å². The van der Waals surface area contributed by atoms with Crippen molar-refractivity contribution in [3.05, 3.63) is 28.8 Å². The van der Waals surface area contributed by atoms with E-state index in [1.165, 1.54) is 11.8 Å². The van der Waals surface area contributed by atoms with Crippen LogP contribution in [0.4, 0.5) is 10.5 Å². The van der Waals surface area contributed by atoms with E-state index in [0.29, 0.717) is 55.8 Å². The van der Waals surface area contributed by atoms with Crippen LogP contribution in [0.15, 0.2) is 23.2 Å². The number of nitrogens with zero attached hydrogens (tertiary/aromatic N) is 5. The van der Waals surface area contributed by atoms with E-state index in [-0.39, 0.29) is 24.4 Å². The third kappa shape index (κ3) is 3.14. The fourth-order valence-electron chi connectivity index (χ4n) is 3.69. The normalized spacial score (nSPS) is 19.0. The Bertz CT molecular complexity index is 847. The number of halogens is 1. The van der Waals surface area contributed by atoms with Gasteiger partial charge in [0.25, 0.3) is 0 Å². The second kappa shape index (κ2) is 6.84. The molecule has 1 aromatic carbocycles. The van der Waals surface area contributed by atoms with Gasteiger partial charge in [-0.05, 0) is 18.2 Å². The minimum absolute atomic E-state index is 0.0118. The van der Waals surface area contributed by atoms with Crippen molar-refractivity contribution in [2.75, 3.05) is 50.7 Å². The molecule has 27 heavy (non-hydrogen) atoms. The number of anilines is 1. The van der Waals surface area contributed by atoms with Gasteiger partial charge in [-0.1, -0.05) is 11.6 Å². The Balaban J connectivity index is 1.55. The van der Waals surface area contributed by atoms with E-state index in [9.17, 15) is 14.4 Å². The molecule has 3 aliphatic rings. The molecule has 142 valence electrons. The first-order valence-corrected chi connectivity index (χ1v) is 9.30. The lowest BCUT2D eigenvalue weighted by atomic mass is 10.1. The summed E-state index contributed by atoms with van der Waals surface area (Å²) in [4.78, 5) is 48.1. The molecule has 4 amide bonds. The van der Waals surface area contributed by atoms with Gasteiger partial charge < -0.3 is 9.80 Å². The molecule has 3 aliphatic heterocycles. The summed E-state index contributed by atoms with van der Waals surface area (Å²) in [5.74, 6) is 0.514. The zero-order chi connectivity index (χ0) is 19.1. The maximum Gasteiger partial charge on any atom is 0.330 e. The summed E-state index contributed by atoms with van der Waals surface area (Å²) in [5, 5.41) is 0.501. The zero-order valence-corrected chi connectivity index (χ0v) is 15.8. The van der Waals surface area contributed by atoms with Gasteiger partial charge in [0.2, 0.25) is 11.8 Å². The molecular weight excluding hydrogens is 370 g/mol. The number of fused-ring (bicyclic) bond motifs is 3. The Hall–Kier alpha value is -2.61. The van der Waals surface area contributed by atoms with Gasteiger partial charge in [-0.2, -0.15) is 0 Å². The summed E-state index contributed by atoms with van der Waals surface area (Å²) in [6, 6.07) is 5.05. The number of carbonyl (C=O) groups excluding carboxylic acids is 3. The molecule has 4 rings (SSSR count). The van der Waals surface area contributed by atoms with Crippen molar-refractivity contribution in [3.63, 3.8) is 0 Å². The number of hydrogen-bond acceptors (Lipinski definition) is 4. The van der Waals surface area contributed by atoms with E-state index in [4.69, 9.17) is 11.6 Å². The molecule has 0 N–H and O–H groups in total. The van der Waals surface area contributed by atoms with Crippen LogP contribution in [0, 0.1) is 0 Å². The summed E-state index contributed by atoms with van der Waals surface area (Å²) in [5.41, 5.74) is 1.42. The number of benzene rings is 1. The van der Waals surface area contributed by atoms with Gasteiger partial charge in [-0.3, -0.25) is 24.4 Å².